The number of primary amides is 1. The summed E-state index contributed by atoms with van der Waals surface area (Å²) in [4.78, 5) is 10.3. The van der Waals surface area contributed by atoms with E-state index in [1.807, 2.05) is 0 Å². The maximum atomic E-state index is 12.8. The Labute approximate surface area is 76.3 Å². The molecule has 0 bridgehead atoms. The molecule has 14 heavy (non-hydrogen) atoms. The van der Waals surface area contributed by atoms with Gasteiger partial charge in [0.2, 0.25) is 0 Å². The Morgan fingerprint density at radius 2 is 1.79 bits per heavy atom. The molecule has 0 saturated heterocycles. The molecule has 1 aromatic rings. The molecule has 2 nitrogen and oxygen atoms in total. The second kappa shape index (κ2) is 3.28. The fourth-order valence-electron chi connectivity index (χ4n) is 0.834. The number of benzene rings is 1. The lowest BCUT2D eigenvalue weighted by atomic mass is 10.1. The van der Waals surface area contributed by atoms with Crippen LogP contribution in [0.15, 0.2) is 18.2 Å². The number of amides is 1. The highest BCUT2D eigenvalue weighted by molar-refractivity contribution is 5.83. The first-order valence-electron chi connectivity index (χ1n) is 3.49. The molecule has 1 amide bonds. The minimum atomic E-state index is -3.99. The Morgan fingerprint density at radius 1 is 1.21 bits per heavy atom. The summed E-state index contributed by atoms with van der Waals surface area (Å²) in [5.41, 5.74) is 3.42. The molecule has 0 fully saturated rings. The van der Waals surface area contributed by atoms with Crippen LogP contribution in [0.3, 0.4) is 0 Å². The van der Waals surface area contributed by atoms with Crippen LogP contribution in [-0.2, 0) is 10.7 Å². The van der Waals surface area contributed by atoms with Gasteiger partial charge >= 0.3 is 5.92 Å². The zero-order valence-corrected chi connectivity index (χ0v) is 6.73. The van der Waals surface area contributed by atoms with E-state index in [-0.39, 0.29) is 6.07 Å². The minimum absolute atomic E-state index is 0.236. The predicted octanol–water partition coefficient (Wildman–Crippen LogP) is 1.54. The summed E-state index contributed by atoms with van der Waals surface area (Å²) in [6.45, 7) is 0. The average Bonchev–Trinajstić information content (AvgIpc) is 2.09. The molecule has 0 atom stereocenters. The first-order valence-corrected chi connectivity index (χ1v) is 3.49. The highest BCUT2D eigenvalue weighted by Gasteiger charge is 2.39. The molecule has 0 unspecified atom stereocenters. The van der Waals surface area contributed by atoms with Gasteiger partial charge in [-0.1, -0.05) is 0 Å². The van der Waals surface area contributed by atoms with Gasteiger partial charge in [-0.25, -0.2) is 8.78 Å². The Kier molecular flexibility index (Phi) is 2.46. The number of alkyl halides is 2. The van der Waals surface area contributed by atoms with Crippen molar-refractivity contribution < 1.29 is 22.4 Å². The second-order valence-electron chi connectivity index (χ2n) is 2.57. The van der Waals surface area contributed by atoms with Gasteiger partial charge in [0.1, 0.15) is 0 Å². The smallest absolute Gasteiger partial charge is 0.349 e. The molecule has 0 aliphatic rings. The van der Waals surface area contributed by atoms with E-state index in [0.29, 0.717) is 12.1 Å². The Balaban J connectivity index is 3.21. The normalized spacial score (nSPS) is 11.4. The number of rotatable bonds is 2. The van der Waals surface area contributed by atoms with Crippen molar-refractivity contribution in [2.75, 3.05) is 0 Å². The van der Waals surface area contributed by atoms with Crippen LogP contribution in [0.5, 0.6) is 0 Å². The molecule has 6 heteroatoms. The van der Waals surface area contributed by atoms with Crippen molar-refractivity contribution in [2.45, 2.75) is 5.92 Å². The van der Waals surface area contributed by atoms with E-state index in [9.17, 15) is 22.4 Å². The quantitative estimate of drug-likeness (QED) is 0.734. The average molecular weight is 207 g/mol. The molecule has 2 N–H and O–H groups in total. The number of carbonyl (C=O) groups is 1. The van der Waals surface area contributed by atoms with Crippen molar-refractivity contribution in [1.29, 1.82) is 0 Å². The van der Waals surface area contributed by atoms with E-state index < -0.39 is 29.0 Å². The van der Waals surface area contributed by atoms with Gasteiger partial charge in [0.25, 0.3) is 5.91 Å². The summed E-state index contributed by atoms with van der Waals surface area (Å²) in [6, 6.07) is 1.34. The van der Waals surface area contributed by atoms with E-state index in [0.717, 1.165) is 0 Å². The van der Waals surface area contributed by atoms with Crippen LogP contribution in [0, 0.1) is 11.6 Å². The molecule has 1 aromatic carbocycles. The molecule has 0 aliphatic carbocycles. The first kappa shape index (κ1) is 10.5. The van der Waals surface area contributed by atoms with Crippen molar-refractivity contribution in [3.63, 3.8) is 0 Å². The molecule has 0 radical (unpaired) electrons. The van der Waals surface area contributed by atoms with Gasteiger partial charge in [0, 0.05) is 5.56 Å². The van der Waals surface area contributed by atoms with Crippen LogP contribution in [0.25, 0.3) is 0 Å². The number of carbonyl (C=O) groups excluding carboxylic acids is 1. The van der Waals surface area contributed by atoms with E-state index >= 15 is 0 Å². The van der Waals surface area contributed by atoms with Crippen LogP contribution < -0.4 is 5.73 Å². The van der Waals surface area contributed by atoms with Crippen molar-refractivity contribution in [3.05, 3.63) is 35.4 Å². The third-order valence-electron chi connectivity index (χ3n) is 1.59. The summed E-state index contributed by atoms with van der Waals surface area (Å²) in [5.74, 6) is -8.63. The third kappa shape index (κ3) is 1.68. The molecule has 1 rings (SSSR count). The van der Waals surface area contributed by atoms with Gasteiger partial charge in [0.15, 0.2) is 11.6 Å². The fraction of sp³-hybridized carbons (Fsp3) is 0.125. The lowest BCUT2D eigenvalue weighted by Gasteiger charge is -2.12. The van der Waals surface area contributed by atoms with Crippen LogP contribution in [0.4, 0.5) is 17.6 Å². The standard InChI is InChI=1S/C8H5F4NO/c9-5-2-1-4(3-6(5)10)8(11,12)7(13)14/h1-3H,(H2,13,14). The lowest BCUT2D eigenvalue weighted by molar-refractivity contribution is -0.143. The highest BCUT2D eigenvalue weighted by Crippen LogP contribution is 2.28. The molecular formula is C8H5F4NO. The zero-order chi connectivity index (χ0) is 10.9. The molecule has 0 aliphatic heterocycles. The highest BCUT2D eigenvalue weighted by atomic mass is 19.3. The van der Waals surface area contributed by atoms with Crippen LogP contribution in [0.2, 0.25) is 0 Å². The minimum Gasteiger partial charge on any atom is -0.364 e. The molecule has 0 spiro atoms. The van der Waals surface area contributed by atoms with Gasteiger partial charge in [0.05, 0.1) is 0 Å². The van der Waals surface area contributed by atoms with Crippen LogP contribution in [-0.4, -0.2) is 5.91 Å². The third-order valence-corrected chi connectivity index (χ3v) is 1.59. The number of hydrogen-bond acceptors (Lipinski definition) is 1. The van der Waals surface area contributed by atoms with Gasteiger partial charge in [-0.2, -0.15) is 8.78 Å². The maximum absolute atomic E-state index is 12.8. The summed E-state index contributed by atoms with van der Waals surface area (Å²) < 4.78 is 50.5. The predicted molar refractivity (Wildman–Crippen MR) is 39.4 cm³/mol. The lowest BCUT2D eigenvalue weighted by Crippen LogP contribution is -2.33. The van der Waals surface area contributed by atoms with Gasteiger partial charge < -0.3 is 5.73 Å². The number of halogens is 4. The topological polar surface area (TPSA) is 43.1 Å². The molecule has 0 aromatic heterocycles. The van der Waals surface area contributed by atoms with Crippen LogP contribution in [0.1, 0.15) is 5.56 Å². The summed E-state index contributed by atoms with van der Waals surface area (Å²) in [6.07, 6.45) is 0. The van der Waals surface area contributed by atoms with Gasteiger partial charge in [-0.05, 0) is 18.2 Å². The fourth-order valence-corrected chi connectivity index (χ4v) is 0.834. The molecule has 0 heterocycles. The maximum Gasteiger partial charge on any atom is 0.349 e. The Hall–Kier alpha value is -1.59. The monoisotopic (exact) mass is 207 g/mol. The Morgan fingerprint density at radius 3 is 2.21 bits per heavy atom. The second-order valence-corrected chi connectivity index (χ2v) is 2.57. The van der Waals surface area contributed by atoms with E-state index in [1.54, 1.807) is 0 Å². The first-order chi connectivity index (χ1) is 6.35. The number of hydrogen-bond donors (Lipinski definition) is 1. The zero-order valence-electron chi connectivity index (χ0n) is 6.73. The summed E-state index contributed by atoms with van der Waals surface area (Å²) in [7, 11) is 0. The summed E-state index contributed by atoms with van der Waals surface area (Å²) in [5, 5.41) is 0. The van der Waals surface area contributed by atoms with E-state index in [2.05, 4.69) is 5.73 Å². The molecule has 76 valence electrons. The molecule has 0 saturated carbocycles. The van der Waals surface area contributed by atoms with E-state index in [4.69, 9.17) is 0 Å². The van der Waals surface area contributed by atoms with Crippen molar-refractivity contribution in [3.8, 4) is 0 Å². The van der Waals surface area contributed by atoms with Crippen LogP contribution >= 0.6 is 0 Å². The van der Waals surface area contributed by atoms with Crippen molar-refractivity contribution >= 4 is 5.91 Å². The number of nitrogens with two attached hydrogens (primary N) is 1. The SMILES string of the molecule is NC(=O)C(F)(F)c1ccc(F)c(F)c1. The van der Waals surface area contributed by atoms with E-state index in [1.165, 1.54) is 0 Å². The Bertz CT molecular complexity index is 378. The van der Waals surface area contributed by atoms with Gasteiger partial charge in [-0.3, -0.25) is 4.79 Å². The summed E-state index contributed by atoms with van der Waals surface area (Å²) >= 11 is 0. The van der Waals surface area contributed by atoms with Crippen molar-refractivity contribution in [1.82, 2.24) is 0 Å². The van der Waals surface area contributed by atoms with Crippen molar-refractivity contribution in [2.24, 2.45) is 5.73 Å². The van der Waals surface area contributed by atoms with Gasteiger partial charge in [-0.15, -0.1) is 0 Å². The largest absolute Gasteiger partial charge is 0.364 e. The molecular weight excluding hydrogens is 202 g/mol.